The van der Waals surface area contributed by atoms with Crippen LogP contribution in [-0.2, 0) is 13.8 Å². The molecule has 1 unspecified atom stereocenters. The van der Waals surface area contributed by atoms with Crippen molar-refractivity contribution in [2.24, 2.45) is 0 Å². The first-order valence-corrected chi connectivity index (χ1v) is 4.93. The normalized spacial score (nSPS) is 13.7. The fraction of sp³-hybridized carbons (Fsp3) is 1.00. The van der Waals surface area contributed by atoms with Crippen molar-refractivity contribution >= 4 is 19.4 Å². The van der Waals surface area contributed by atoms with E-state index in [1.165, 1.54) is 6.92 Å². The van der Waals surface area contributed by atoms with Crippen LogP contribution in [0.3, 0.4) is 0 Å². The Morgan fingerprint density at radius 1 is 1.67 bits per heavy atom. The van der Waals surface area contributed by atoms with Crippen LogP contribution in [-0.4, -0.2) is 28.6 Å². The second-order valence-corrected chi connectivity index (χ2v) is 3.29. The summed E-state index contributed by atoms with van der Waals surface area (Å²) in [5, 5.41) is 0. The van der Waals surface area contributed by atoms with E-state index in [2.05, 4.69) is 4.52 Å². The molecule has 2 N–H and O–H groups in total. The Kier molecular flexibility index (Phi) is 10.2. The van der Waals surface area contributed by atoms with Crippen LogP contribution in [0.2, 0.25) is 0 Å². The second kappa shape index (κ2) is 7.74. The standard InChI is InChI=1S/C4H10ClO5P.Na.H/c1-4(9-3-2-5)10-11(6,7)8;;/h4H,2-3H2,1H3,(H2,6,7,8);;/q;+1;-1. The van der Waals surface area contributed by atoms with Crippen molar-refractivity contribution in [1.82, 2.24) is 0 Å². The minimum atomic E-state index is -4.43. The van der Waals surface area contributed by atoms with Gasteiger partial charge < -0.3 is 16.0 Å². The molecule has 5 nitrogen and oxygen atoms in total. The van der Waals surface area contributed by atoms with Gasteiger partial charge in [-0.05, 0) is 6.92 Å². The molecular formula is C4H11ClNaO5P. The zero-order valence-corrected chi connectivity index (χ0v) is 10.6. The number of alkyl halides is 1. The average Bonchev–Trinajstić information content (AvgIpc) is 1.79. The maximum Gasteiger partial charge on any atom is 1.00 e. The Morgan fingerprint density at radius 3 is 2.50 bits per heavy atom. The van der Waals surface area contributed by atoms with Gasteiger partial charge in [0.05, 0.1) is 6.61 Å². The summed E-state index contributed by atoms with van der Waals surface area (Å²) in [5.74, 6) is 0.259. The molecule has 0 aromatic carbocycles. The minimum absolute atomic E-state index is 0. The van der Waals surface area contributed by atoms with Gasteiger partial charge in [-0.2, -0.15) is 0 Å². The molecule has 1 atom stereocenters. The summed E-state index contributed by atoms with van der Waals surface area (Å²) in [6.45, 7) is 1.58. The summed E-state index contributed by atoms with van der Waals surface area (Å²) in [6, 6.07) is 0. The molecule has 0 aromatic heterocycles. The Labute approximate surface area is 99.4 Å². The molecular weight excluding hydrogens is 217 g/mol. The monoisotopic (exact) mass is 228 g/mol. The van der Waals surface area contributed by atoms with Crippen LogP contribution in [0.25, 0.3) is 0 Å². The molecule has 12 heavy (non-hydrogen) atoms. The quantitative estimate of drug-likeness (QED) is 0.242. The van der Waals surface area contributed by atoms with E-state index in [-0.39, 0.29) is 43.5 Å². The van der Waals surface area contributed by atoms with E-state index in [9.17, 15) is 4.57 Å². The molecule has 0 aliphatic heterocycles. The third-order valence-corrected chi connectivity index (χ3v) is 1.44. The number of phosphoric acid groups is 1. The van der Waals surface area contributed by atoms with Gasteiger partial charge in [-0.25, -0.2) is 4.57 Å². The zero-order chi connectivity index (χ0) is 8.91. The summed E-state index contributed by atoms with van der Waals surface area (Å²) < 4.78 is 19.0. The average molecular weight is 229 g/mol. The molecule has 0 saturated carbocycles. The Bertz CT molecular complexity index is 155. The van der Waals surface area contributed by atoms with Gasteiger partial charge in [0, 0.05) is 5.88 Å². The SMILES string of the molecule is CC(OCCCl)OP(=O)(O)O.[H-].[Na+]. The van der Waals surface area contributed by atoms with E-state index in [0.717, 1.165) is 0 Å². The van der Waals surface area contributed by atoms with Gasteiger partial charge in [0.1, 0.15) is 0 Å². The van der Waals surface area contributed by atoms with E-state index in [0.29, 0.717) is 0 Å². The summed E-state index contributed by atoms with van der Waals surface area (Å²) >= 11 is 5.24. The molecule has 0 bridgehead atoms. The van der Waals surface area contributed by atoms with Crippen molar-refractivity contribution in [3.63, 3.8) is 0 Å². The van der Waals surface area contributed by atoms with Crippen molar-refractivity contribution < 1.29 is 54.6 Å². The first kappa shape index (κ1) is 15.8. The molecule has 70 valence electrons. The maximum atomic E-state index is 10.2. The Hall–Kier alpha value is 1.36. The molecule has 0 rings (SSSR count). The van der Waals surface area contributed by atoms with Gasteiger partial charge in [0.25, 0.3) is 0 Å². The predicted octanol–water partition coefficient (Wildman–Crippen LogP) is -2.19. The number of ether oxygens (including phenoxy) is 1. The third kappa shape index (κ3) is 11.4. The first-order valence-electron chi connectivity index (χ1n) is 2.87. The van der Waals surface area contributed by atoms with Gasteiger partial charge in [-0.3, -0.25) is 4.52 Å². The van der Waals surface area contributed by atoms with E-state index in [1.54, 1.807) is 0 Å². The van der Waals surface area contributed by atoms with Crippen LogP contribution in [0.15, 0.2) is 0 Å². The van der Waals surface area contributed by atoms with Crippen molar-refractivity contribution in [3.05, 3.63) is 0 Å². The zero-order valence-electron chi connectivity index (χ0n) is 7.94. The molecule has 0 fully saturated rings. The third-order valence-electron chi connectivity index (χ3n) is 0.715. The molecule has 0 heterocycles. The number of hydrogen-bond acceptors (Lipinski definition) is 3. The van der Waals surface area contributed by atoms with Gasteiger partial charge in [-0.15, -0.1) is 11.6 Å². The second-order valence-electron chi connectivity index (χ2n) is 1.72. The number of halogens is 1. The fourth-order valence-electron chi connectivity index (χ4n) is 0.434. The van der Waals surface area contributed by atoms with Gasteiger partial charge >= 0.3 is 37.4 Å². The molecule has 0 aliphatic rings. The fourth-order valence-corrected chi connectivity index (χ4v) is 0.971. The van der Waals surface area contributed by atoms with Crippen molar-refractivity contribution in [2.75, 3.05) is 12.5 Å². The number of phosphoric ester groups is 1. The smallest absolute Gasteiger partial charge is 1.00 e. The summed E-state index contributed by atoms with van der Waals surface area (Å²) in [4.78, 5) is 16.5. The topological polar surface area (TPSA) is 76.0 Å². The van der Waals surface area contributed by atoms with E-state index in [4.69, 9.17) is 26.1 Å². The van der Waals surface area contributed by atoms with Crippen LogP contribution in [0.5, 0.6) is 0 Å². The number of hydrogen-bond donors (Lipinski definition) is 2. The predicted molar refractivity (Wildman–Crippen MR) is 40.4 cm³/mol. The Balaban J connectivity index is -0.000000500. The molecule has 0 aromatic rings. The van der Waals surface area contributed by atoms with Crippen LogP contribution in [0.4, 0.5) is 0 Å². The summed E-state index contributed by atoms with van der Waals surface area (Å²) in [5.41, 5.74) is 0. The van der Waals surface area contributed by atoms with Crippen molar-refractivity contribution in [3.8, 4) is 0 Å². The number of rotatable bonds is 5. The molecule has 8 heteroatoms. The minimum Gasteiger partial charge on any atom is -1.00 e. The Morgan fingerprint density at radius 2 is 2.17 bits per heavy atom. The van der Waals surface area contributed by atoms with Crippen LogP contribution >= 0.6 is 19.4 Å². The summed E-state index contributed by atoms with van der Waals surface area (Å²) in [6.07, 6.45) is -0.936. The van der Waals surface area contributed by atoms with E-state index < -0.39 is 14.1 Å². The first-order chi connectivity index (χ1) is 4.95. The van der Waals surface area contributed by atoms with E-state index >= 15 is 0 Å². The van der Waals surface area contributed by atoms with Crippen molar-refractivity contribution in [2.45, 2.75) is 13.2 Å². The summed E-state index contributed by atoms with van der Waals surface area (Å²) in [7, 11) is -4.43. The molecule has 0 spiro atoms. The van der Waals surface area contributed by atoms with Crippen LogP contribution < -0.4 is 29.6 Å². The largest absolute Gasteiger partial charge is 1.00 e. The van der Waals surface area contributed by atoms with Gasteiger partial charge in [0.2, 0.25) is 0 Å². The van der Waals surface area contributed by atoms with Crippen LogP contribution in [0, 0.1) is 0 Å². The molecule has 0 radical (unpaired) electrons. The van der Waals surface area contributed by atoms with Gasteiger partial charge in [-0.1, -0.05) is 0 Å². The molecule has 0 aliphatic carbocycles. The van der Waals surface area contributed by atoms with Crippen LogP contribution in [0.1, 0.15) is 8.35 Å². The molecule has 0 amide bonds. The van der Waals surface area contributed by atoms with Crippen molar-refractivity contribution in [1.29, 1.82) is 0 Å². The van der Waals surface area contributed by atoms with E-state index in [1.807, 2.05) is 0 Å². The maximum absolute atomic E-state index is 10.2. The van der Waals surface area contributed by atoms with Gasteiger partial charge in [0.15, 0.2) is 6.29 Å². The molecule has 0 saturated heterocycles.